The molecule has 0 aliphatic rings. The molecule has 0 fully saturated rings. The normalized spacial score (nSPS) is 16.7. The lowest BCUT2D eigenvalue weighted by Gasteiger charge is -2.24. The molecule has 3 atom stereocenters. The van der Waals surface area contributed by atoms with Crippen molar-refractivity contribution in [1.82, 2.24) is 0 Å². The molecule has 15 heavy (non-hydrogen) atoms. The number of nitrogens with zero attached hydrogens (tertiary/aromatic N) is 2. The predicted molar refractivity (Wildman–Crippen MR) is 59.2 cm³/mol. The van der Waals surface area contributed by atoms with Crippen molar-refractivity contribution in [1.29, 1.82) is 0 Å². The van der Waals surface area contributed by atoms with Crippen LogP contribution in [0, 0.1) is 32.8 Å². The van der Waals surface area contributed by atoms with Gasteiger partial charge in [0, 0.05) is 11.3 Å². The first kappa shape index (κ1) is 14.0. The third-order valence-electron chi connectivity index (χ3n) is 3.24. The summed E-state index contributed by atoms with van der Waals surface area (Å²) in [4.78, 5) is 19.9. The Morgan fingerprint density at radius 2 is 1.73 bits per heavy atom. The zero-order valence-corrected chi connectivity index (χ0v) is 9.68. The molecule has 0 aliphatic carbocycles. The van der Waals surface area contributed by atoms with Gasteiger partial charge in [-0.25, -0.2) is 0 Å². The topological polar surface area (TPSA) is 72.6 Å². The summed E-state index contributed by atoms with van der Waals surface area (Å²) in [5, 5.41) is 13.1. The van der Waals surface area contributed by atoms with Gasteiger partial charge in [0.25, 0.3) is 0 Å². The number of hydrogen-bond acceptors (Lipinski definition) is 4. The third-order valence-corrected chi connectivity index (χ3v) is 3.24. The largest absolute Gasteiger partial charge is 0.265 e. The van der Waals surface area contributed by atoms with E-state index in [1.807, 2.05) is 6.92 Å². The molecule has 3 unspecified atom stereocenters. The smallest absolute Gasteiger partial charge is 0.204 e. The van der Waals surface area contributed by atoms with E-state index in [0.29, 0.717) is 30.7 Å². The Morgan fingerprint density at radius 1 is 1.20 bits per heavy atom. The van der Waals surface area contributed by atoms with Crippen molar-refractivity contribution in [2.75, 3.05) is 13.1 Å². The van der Waals surface area contributed by atoms with Crippen LogP contribution in [0.2, 0.25) is 0 Å². The molecule has 0 amide bonds. The lowest BCUT2D eigenvalue weighted by atomic mass is 9.82. The van der Waals surface area contributed by atoms with Crippen LogP contribution in [0.15, 0.2) is 5.18 Å². The Kier molecular flexibility index (Phi) is 6.83. The van der Waals surface area contributed by atoms with Crippen molar-refractivity contribution in [3.05, 3.63) is 15.0 Å². The van der Waals surface area contributed by atoms with Gasteiger partial charge in [0.05, 0.1) is 6.54 Å². The molecule has 0 aromatic rings. The second kappa shape index (κ2) is 7.31. The van der Waals surface area contributed by atoms with Crippen LogP contribution in [0.3, 0.4) is 0 Å². The molecule has 5 nitrogen and oxygen atoms in total. The first-order valence-electron chi connectivity index (χ1n) is 5.40. The number of nitroso groups, excluding NO2 is 1. The lowest BCUT2D eigenvalue weighted by Crippen LogP contribution is -2.20. The molecule has 0 spiro atoms. The highest BCUT2D eigenvalue weighted by Gasteiger charge is 2.20. The second-order valence-corrected chi connectivity index (χ2v) is 4.30. The first-order chi connectivity index (χ1) is 6.99. The summed E-state index contributed by atoms with van der Waals surface area (Å²) in [5.74, 6) is 1.10. The van der Waals surface area contributed by atoms with E-state index in [9.17, 15) is 15.0 Å². The van der Waals surface area contributed by atoms with Gasteiger partial charge in [-0.05, 0) is 24.2 Å². The highest BCUT2D eigenvalue weighted by molar-refractivity contribution is 4.69. The van der Waals surface area contributed by atoms with Gasteiger partial charge in [0.1, 0.15) is 0 Å². The molecule has 0 saturated carbocycles. The summed E-state index contributed by atoms with van der Waals surface area (Å²) in [5.41, 5.74) is 0. The van der Waals surface area contributed by atoms with Crippen LogP contribution in [0.5, 0.6) is 0 Å². The molecule has 88 valence electrons. The molecular weight excluding hydrogens is 196 g/mol. The third kappa shape index (κ3) is 6.14. The fourth-order valence-corrected chi connectivity index (χ4v) is 1.65. The van der Waals surface area contributed by atoms with E-state index >= 15 is 0 Å². The lowest BCUT2D eigenvalue weighted by molar-refractivity contribution is -0.481. The summed E-state index contributed by atoms with van der Waals surface area (Å²) >= 11 is 0. The minimum atomic E-state index is -0.277. The Balaban J connectivity index is 3.89. The zero-order valence-electron chi connectivity index (χ0n) is 9.68. The Bertz CT molecular complexity index is 209. The van der Waals surface area contributed by atoms with Gasteiger partial charge in [-0.2, -0.15) is 4.91 Å². The molecule has 0 bridgehead atoms. The fraction of sp³-hybridized carbons (Fsp3) is 1.00. The number of hydrogen-bond donors (Lipinski definition) is 0. The standard InChI is InChI=1S/C10H20N2O3/c1-8(4-6-11-13)10(3)9(2)5-7-12(14)15/h8-10H,4-7H2,1-3H3. The first-order valence-corrected chi connectivity index (χ1v) is 5.40. The number of nitro groups is 1. The molecule has 0 aromatic heterocycles. The van der Waals surface area contributed by atoms with Crippen molar-refractivity contribution in [2.45, 2.75) is 33.6 Å². The van der Waals surface area contributed by atoms with Crippen molar-refractivity contribution in [3.8, 4) is 0 Å². The van der Waals surface area contributed by atoms with Gasteiger partial charge in [0.15, 0.2) is 0 Å². The Morgan fingerprint density at radius 3 is 2.20 bits per heavy atom. The van der Waals surface area contributed by atoms with E-state index in [1.165, 1.54) is 0 Å². The van der Waals surface area contributed by atoms with Crippen molar-refractivity contribution < 1.29 is 4.92 Å². The zero-order chi connectivity index (χ0) is 11.8. The van der Waals surface area contributed by atoms with Crippen LogP contribution in [0.1, 0.15) is 33.6 Å². The highest BCUT2D eigenvalue weighted by atomic mass is 16.6. The molecule has 0 heterocycles. The average molecular weight is 216 g/mol. The molecule has 0 N–H and O–H groups in total. The van der Waals surface area contributed by atoms with Crippen LogP contribution in [0.4, 0.5) is 0 Å². The summed E-state index contributed by atoms with van der Waals surface area (Å²) in [6.07, 6.45) is 1.38. The molecule has 0 aliphatic heterocycles. The van der Waals surface area contributed by atoms with Crippen LogP contribution in [-0.2, 0) is 0 Å². The molecule has 0 rings (SSSR count). The van der Waals surface area contributed by atoms with Gasteiger partial charge in [-0.15, -0.1) is 0 Å². The molecular formula is C10H20N2O3. The van der Waals surface area contributed by atoms with Crippen molar-refractivity contribution in [2.24, 2.45) is 22.9 Å². The monoisotopic (exact) mass is 216 g/mol. The Hall–Kier alpha value is -1.00. The minimum absolute atomic E-state index is 0.0319. The van der Waals surface area contributed by atoms with Crippen LogP contribution in [0.25, 0.3) is 0 Å². The minimum Gasteiger partial charge on any atom is -0.265 e. The van der Waals surface area contributed by atoms with Crippen molar-refractivity contribution in [3.63, 3.8) is 0 Å². The van der Waals surface area contributed by atoms with Gasteiger partial charge in [-0.3, -0.25) is 10.1 Å². The van der Waals surface area contributed by atoms with Gasteiger partial charge in [0.2, 0.25) is 6.54 Å². The highest BCUT2D eigenvalue weighted by Crippen LogP contribution is 2.25. The molecule has 0 radical (unpaired) electrons. The average Bonchev–Trinajstić information content (AvgIpc) is 2.21. The summed E-state index contributed by atoms with van der Waals surface area (Å²) in [6, 6.07) is 0. The Labute approximate surface area is 90.4 Å². The quantitative estimate of drug-likeness (QED) is 0.355. The van der Waals surface area contributed by atoms with Gasteiger partial charge >= 0.3 is 0 Å². The molecule has 0 aromatic carbocycles. The maximum Gasteiger partial charge on any atom is 0.204 e. The van der Waals surface area contributed by atoms with E-state index in [1.54, 1.807) is 0 Å². The van der Waals surface area contributed by atoms with Gasteiger partial charge < -0.3 is 0 Å². The van der Waals surface area contributed by atoms with Crippen LogP contribution < -0.4 is 0 Å². The summed E-state index contributed by atoms with van der Waals surface area (Å²) in [7, 11) is 0. The van der Waals surface area contributed by atoms with Crippen LogP contribution in [-0.4, -0.2) is 18.0 Å². The van der Waals surface area contributed by atoms with E-state index in [2.05, 4.69) is 19.0 Å². The van der Waals surface area contributed by atoms with E-state index in [4.69, 9.17) is 0 Å². The van der Waals surface area contributed by atoms with Gasteiger partial charge in [-0.1, -0.05) is 25.9 Å². The van der Waals surface area contributed by atoms with Crippen LogP contribution >= 0.6 is 0 Å². The maximum absolute atomic E-state index is 10.2. The summed E-state index contributed by atoms with van der Waals surface area (Å²) < 4.78 is 0. The van der Waals surface area contributed by atoms with Crippen molar-refractivity contribution >= 4 is 0 Å². The maximum atomic E-state index is 10.2. The predicted octanol–water partition coefficient (Wildman–Crippen LogP) is 2.72. The SMILES string of the molecule is CC(CCN=O)C(C)C(C)CC[N+](=O)[O-]. The molecule has 0 saturated heterocycles. The van der Waals surface area contributed by atoms with E-state index in [-0.39, 0.29) is 11.5 Å². The fourth-order valence-electron chi connectivity index (χ4n) is 1.65. The summed E-state index contributed by atoms with van der Waals surface area (Å²) in [6.45, 7) is 6.55. The molecule has 5 heteroatoms. The van der Waals surface area contributed by atoms with E-state index < -0.39 is 0 Å². The number of rotatable bonds is 8. The second-order valence-electron chi connectivity index (χ2n) is 4.30. The van der Waals surface area contributed by atoms with E-state index in [0.717, 1.165) is 6.42 Å².